The fourth-order valence-electron chi connectivity index (χ4n) is 1.20. The summed E-state index contributed by atoms with van der Waals surface area (Å²) in [5.41, 5.74) is 1.48. The number of furan rings is 2. The predicted molar refractivity (Wildman–Crippen MR) is 55.5 cm³/mol. The van der Waals surface area contributed by atoms with Crippen LogP contribution in [0.25, 0.3) is 11.1 Å². The van der Waals surface area contributed by atoms with E-state index in [4.69, 9.17) is 8.83 Å². The molecule has 0 spiro atoms. The van der Waals surface area contributed by atoms with Crippen LogP contribution in [0.4, 0.5) is 0 Å². The van der Waals surface area contributed by atoms with Crippen LogP contribution in [0, 0.1) is 0 Å². The van der Waals surface area contributed by atoms with Gasteiger partial charge in [0.2, 0.25) is 0 Å². The lowest BCUT2D eigenvalue weighted by atomic mass is 10.1. The maximum absolute atomic E-state index is 5.21. The van der Waals surface area contributed by atoms with Gasteiger partial charge in [0.05, 0.1) is 12.5 Å². The molecule has 0 amide bonds. The Labute approximate surface area is 82.2 Å². The first kappa shape index (κ1) is 8.63. The zero-order valence-electron chi connectivity index (χ0n) is 7.69. The summed E-state index contributed by atoms with van der Waals surface area (Å²) >= 11 is 0. The van der Waals surface area contributed by atoms with Gasteiger partial charge in [-0.25, -0.2) is 0 Å². The molecule has 2 rings (SSSR count). The van der Waals surface area contributed by atoms with Crippen molar-refractivity contribution in [3.8, 4) is 0 Å². The van der Waals surface area contributed by atoms with Crippen molar-refractivity contribution in [3.05, 3.63) is 61.5 Å². The van der Waals surface area contributed by atoms with Gasteiger partial charge in [0.25, 0.3) is 0 Å². The summed E-state index contributed by atoms with van der Waals surface area (Å²) in [6.45, 7) is 7.80. The molecule has 2 heterocycles. The second-order valence-electron chi connectivity index (χ2n) is 2.91. The van der Waals surface area contributed by atoms with Gasteiger partial charge in [0.15, 0.2) is 0 Å². The molecule has 0 aromatic carbocycles. The van der Waals surface area contributed by atoms with E-state index < -0.39 is 0 Å². The topological polar surface area (TPSA) is 26.3 Å². The van der Waals surface area contributed by atoms with Crippen molar-refractivity contribution >= 4 is 11.1 Å². The number of rotatable bonds is 3. The summed E-state index contributed by atoms with van der Waals surface area (Å²) in [7, 11) is 0. The van der Waals surface area contributed by atoms with E-state index in [1.165, 1.54) is 0 Å². The van der Waals surface area contributed by atoms with Crippen molar-refractivity contribution in [2.45, 2.75) is 0 Å². The third-order valence-corrected chi connectivity index (χ3v) is 2.00. The number of hydrogen-bond acceptors (Lipinski definition) is 2. The van der Waals surface area contributed by atoms with E-state index in [2.05, 4.69) is 13.2 Å². The van der Waals surface area contributed by atoms with E-state index in [0.717, 1.165) is 11.1 Å². The maximum atomic E-state index is 5.21. The highest BCUT2D eigenvalue weighted by atomic mass is 16.3. The van der Waals surface area contributed by atoms with Crippen LogP contribution in [-0.4, -0.2) is 0 Å². The minimum atomic E-state index is 0.714. The normalized spacial score (nSPS) is 10.0. The fourth-order valence-corrected chi connectivity index (χ4v) is 1.20. The smallest absolute Gasteiger partial charge is 0.133 e. The summed E-state index contributed by atoms with van der Waals surface area (Å²) < 4.78 is 10.4. The van der Waals surface area contributed by atoms with Gasteiger partial charge >= 0.3 is 0 Å². The highest BCUT2D eigenvalue weighted by Gasteiger charge is 2.09. The Balaban J connectivity index is 2.26. The summed E-state index contributed by atoms with van der Waals surface area (Å²) in [6.07, 6.45) is 3.21. The Morgan fingerprint density at radius 1 is 0.857 bits per heavy atom. The van der Waals surface area contributed by atoms with E-state index in [-0.39, 0.29) is 0 Å². The highest BCUT2D eigenvalue weighted by molar-refractivity contribution is 6.00. The molecule has 0 fully saturated rings. The lowest BCUT2D eigenvalue weighted by molar-refractivity contribution is 0.547. The van der Waals surface area contributed by atoms with Crippen LogP contribution >= 0.6 is 0 Å². The Bertz CT molecular complexity index is 388. The average molecular weight is 186 g/mol. The van der Waals surface area contributed by atoms with Gasteiger partial charge in [0.1, 0.15) is 11.5 Å². The molecular formula is C12H10O2. The maximum Gasteiger partial charge on any atom is 0.133 e. The van der Waals surface area contributed by atoms with E-state index >= 15 is 0 Å². The molecule has 0 bridgehead atoms. The van der Waals surface area contributed by atoms with Gasteiger partial charge in [0, 0.05) is 11.1 Å². The van der Waals surface area contributed by atoms with E-state index in [1.807, 2.05) is 24.3 Å². The monoisotopic (exact) mass is 186 g/mol. The van der Waals surface area contributed by atoms with Gasteiger partial charge < -0.3 is 8.83 Å². The van der Waals surface area contributed by atoms with E-state index in [9.17, 15) is 0 Å². The van der Waals surface area contributed by atoms with Crippen LogP contribution in [0.2, 0.25) is 0 Å². The van der Waals surface area contributed by atoms with Gasteiger partial charge in [-0.1, -0.05) is 13.2 Å². The Kier molecular flexibility index (Phi) is 2.11. The molecule has 2 heteroatoms. The van der Waals surface area contributed by atoms with Crippen molar-refractivity contribution in [1.82, 2.24) is 0 Å². The Hall–Kier alpha value is -1.96. The second-order valence-corrected chi connectivity index (χ2v) is 2.91. The minimum Gasteiger partial charge on any atom is -0.464 e. The van der Waals surface area contributed by atoms with Crippen LogP contribution < -0.4 is 0 Å². The first-order valence-corrected chi connectivity index (χ1v) is 4.25. The first-order valence-electron chi connectivity index (χ1n) is 4.25. The average Bonchev–Trinajstić information content (AvgIpc) is 2.87. The minimum absolute atomic E-state index is 0.714. The lowest BCUT2D eigenvalue weighted by Gasteiger charge is -2.02. The molecule has 2 aromatic heterocycles. The summed E-state index contributed by atoms with van der Waals surface area (Å²) in [4.78, 5) is 0. The molecule has 0 aliphatic rings. The molecule has 0 aliphatic heterocycles. The SMILES string of the molecule is C=C(C(=C)c1ccco1)c1ccco1. The number of hydrogen-bond donors (Lipinski definition) is 0. The third kappa shape index (κ3) is 1.42. The van der Waals surface area contributed by atoms with Crippen molar-refractivity contribution in [2.75, 3.05) is 0 Å². The van der Waals surface area contributed by atoms with E-state index in [1.54, 1.807) is 12.5 Å². The van der Waals surface area contributed by atoms with Crippen LogP contribution in [0.15, 0.2) is 58.8 Å². The van der Waals surface area contributed by atoms with Crippen LogP contribution in [0.1, 0.15) is 11.5 Å². The molecule has 0 radical (unpaired) electrons. The van der Waals surface area contributed by atoms with Gasteiger partial charge in [-0.2, -0.15) is 0 Å². The lowest BCUT2D eigenvalue weighted by Crippen LogP contribution is -1.82. The number of allylic oxidation sites excluding steroid dienone is 2. The highest BCUT2D eigenvalue weighted by Crippen LogP contribution is 2.28. The zero-order valence-corrected chi connectivity index (χ0v) is 7.69. The van der Waals surface area contributed by atoms with Gasteiger partial charge in [-0.3, -0.25) is 0 Å². The van der Waals surface area contributed by atoms with Crippen molar-refractivity contribution in [1.29, 1.82) is 0 Å². The molecule has 0 N–H and O–H groups in total. The van der Waals surface area contributed by atoms with Gasteiger partial charge in [-0.15, -0.1) is 0 Å². The molecule has 0 unspecified atom stereocenters. The molecule has 0 saturated heterocycles. The van der Waals surface area contributed by atoms with Crippen molar-refractivity contribution in [3.63, 3.8) is 0 Å². The van der Waals surface area contributed by atoms with E-state index in [0.29, 0.717) is 11.5 Å². The molecule has 0 atom stereocenters. The third-order valence-electron chi connectivity index (χ3n) is 2.00. The second kappa shape index (κ2) is 3.42. The summed E-state index contributed by atoms with van der Waals surface area (Å²) in [5.74, 6) is 1.43. The van der Waals surface area contributed by atoms with Gasteiger partial charge in [-0.05, 0) is 24.3 Å². The standard InChI is InChI=1S/C12H10O2/c1-9(11-5-3-7-13-11)10(2)12-6-4-8-14-12/h3-8H,1-2H2. The Morgan fingerprint density at radius 2 is 1.29 bits per heavy atom. The van der Waals surface area contributed by atoms with Crippen molar-refractivity contribution < 1.29 is 8.83 Å². The first-order chi connectivity index (χ1) is 6.79. The Morgan fingerprint density at radius 3 is 1.57 bits per heavy atom. The molecule has 0 aliphatic carbocycles. The largest absolute Gasteiger partial charge is 0.464 e. The summed E-state index contributed by atoms with van der Waals surface area (Å²) in [6, 6.07) is 7.32. The quantitative estimate of drug-likeness (QED) is 0.684. The fraction of sp³-hybridized carbons (Fsp3) is 0. The van der Waals surface area contributed by atoms with Crippen LogP contribution in [-0.2, 0) is 0 Å². The molecule has 14 heavy (non-hydrogen) atoms. The molecule has 70 valence electrons. The molecule has 0 saturated carbocycles. The van der Waals surface area contributed by atoms with Crippen LogP contribution in [0.3, 0.4) is 0 Å². The molecule has 2 nitrogen and oxygen atoms in total. The zero-order chi connectivity index (χ0) is 9.97. The van der Waals surface area contributed by atoms with Crippen LogP contribution in [0.5, 0.6) is 0 Å². The molecular weight excluding hydrogens is 176 g/mol. The predicted octanol–water partition coefficient (Wildman–Crippen LogP) is 3.60. The molecule has 2 aromatic rings. The summed E-state index contributed by atoms with van der Waals surface area (Å²) in [5, 5.41) is 0. The van der Waals surface area contributed by atoms with Crippen molar-refractivity contribution in [2.24, 2.45) is 0 Å².